The Morgan fingerprint density at radius 1 is 1.19 bits per heavy atom. The molecule has 1 saturated heterocycles. The number of halogens is 1. The standard InChI is InChI=1S/C17H24N2O.ClH/c1-12-8-13(2)10-14(9-12)19(3)16(20)15-11-17(15)4-6-18-7-5-17;/h8-10,15,18H,4-7,11H2,1-3H3;1H. The van der Waals surface area contributed by atoms with Crippen molar-refractivity contribution in [2.75, 3.05) is 25.0 Å². The number of anilines is 1. The molecule has 116 valence electrons. The summed E-state index contributed by atoms with van der Waals surface area (Å²) in [5.74, 6) is 0.548. The lowest BCUT2D eigenvalue weighted by Gasteiger charge is -2.25. The first-order valence-corrected chi connectivity index (χ1v) is 7.58. The van der Waals surface area contributed by atoms with E-state index in [-0.39, 0.29) is 18.3 Å². The second-order valence-electron chi connectivity index (χ2n) is 6.61. The van der Waals surface area contributed by atoms with Gasteiger partial charge in [-0.3, -0.25) is 4.79 Å². The first-order valence-electron chi connectivity index (χ1n) is 7.58. The molecule has 21 heavy (non-hydrogen) atoms. The number of hydrogen-bond donors (Lipinski definition) is 1. The van der Waals surface area contributed by atoms with Crippen LogP contribution in [0.3, 0.4) is 0 Å². The molecule has 3 rings (SSSR count). The van der Waals surface area contributed by atoms with Gasteiger partial charge in [0, 0.05) is 18.7 Å². The molecule has 1 unspecified atom stereocenters. The molecule has 1 heterocycles. The number of benzene rings is 1. The summed E-state index contributed by atoms with van der Waals surface area (Å²) < 4.78 is 0. The number of aryl methyl sites for hydroxylation is 2. The zero-order chi connectivity index (χ0) is 14.3. The molecule has 0 radical (unpaired) electrons. The van der Waals surface area contributed by atoms with Gasteiger partial charge < -0.3 is 10.2 Å². The molecule has 1 N–H and O–H groups in total. The van der Waals surface area contributed by atoms with E-state index in [1.807, 2.05) is 11.9 Å². The zero-order valence-electron chi connectivity index (χ0n) is 13.1. The van der Waals surface area contributed by atoms with Crippen LogP contribution in [0.25, 0.3) is 0 Å². The SMILES string of the molecule is Cc1cc(C)cc(N(C)C(=O)C2CC23CCNCC3)c1.Cl. The predicted octanol–water partition coefficient (Wildman–Crippen LogP) is 3.08. The minimum Gasteiger partial charge on any atom is -0.317 e. The minimum absolute atomic E-state index is 0. The topological polar surface area (TPSA) is 32.3 Å². The molecule has 1 saturated carbocycles. The van der Waals surface area contributed by atoms with Crippen LogP contribution in [-0.4, -0.2) is 26.0 Å². The van der Waals surface area contributed by atoms with Crippen molar-refractivity contribution in [2.24, 2.45) is 11.3 Å². The fourth-order valence-electron chi connectivity index (χ4n) is 3.68. The summed E-state index contributed by atoms with van der Waals surface area (Å²) >= 11 is 0. The highest BCUT2D eigenvalue weighted by molar-refractivity contribution is 5.97. The lowest BCUT2D eigenvalue weighted by molar-refractivity contribution is -0.120. The molecule has 1 aliphatic carbocycles. The van der Waals surface area contributed by atoms with Crippen LogP contribution in [-0.2, 0) is 4.79 Å². The van der Waals surface area contributed by atoms with Crippen LogP contribution >= 0.6 is 12.4 Å². The van der Waals surface area contributed by atoms with Gasteiger partial charge in [-0.2, -0.15) is 0 Å². The average Bonchev–Trinajstić information content (AvgIpc) is 3.10. The van der Waals surface area contributed by atoms with Crippen LogP contribution in [0.2, 0.25) is 0 Å². The van der Waals surface area contributed by atoms with Gasteiger partial charge in [0.25, 0.3) is 0 Å². The molecular formula is C17H25ClN2O. The maximum atomic E-state index is 12.7. The number of carbonyl (C=O) groups is 1. The Balaban J connectivity index is 0.00000161. The zero-order valence-corrected chi connectivity index (χ0v) is 13.9. The van der Waals surface area contributed by atoms with E-state index in [0.717, 1.165) is 38.0 Å². The average molecular weight is 309 g/mol. The molecule has 2 aliphatic rings. The summed E-state index contributed by atoms with van der Waals surface area (Å²) in [5.41, 5.74) is 3.78. The molecule has 0 aromatic heterocycles. The first kappa shape index (κ1) is 16.3. The Hall–Kier alpha value is -1.06. The molecule has 3 nitrogen and oxygen atoms in total. The monoisotopic (exact) mass is 308 g/mol. The van der Waals surface area contributed by atoms with Crippen molar-refractivity contribution in [2.45, 2.75) is 33.1 Å². The molecule has 0 bridgehead atoms. The van der Waals surface area contributed by atoms with Gasteiger partial charge >= 0.3 is 0 Å². The van der Waals surface area contributed by atoms with Gasteiger partial charge in [-0.05, 0) is 74.9 Å². The smallest absolute Gasteiger partial charge is 0.230 e. The van der Waals surface area contributed by atoms with Crippen molar-refractivity contribution in [3.63, 3.8) is 0 Å². The lowest BCUT2D eigenvalue weighted by atomic mass is 9.91. The number of nitrogens with zero attached hydrogens (tertiary/aromatic N) is 1. The van der Waals surface area contributed by atoms with Crippen molar-refractivity contribution >= 4 is 24.0 Å². The second kappa shape index (κ2) is 5.98. The van der Waals surface area contributed by atoms with Crippen molar-refractivity contribution in [3.8, 4) is 0 Å². The van der Waals surface area contributed by atoms with E-state index in [1.165, 1.54) is 11.1 Å². The van der Waals surface area contributed by atoms with Gasteiger partial charge in [-0.15, -0.1) is 12.4 Å². The molecular weight excluding hydrogens is 284 g/mol. The normalized spacial score (nSPS) is 22.5. The molecule has 1 amide bonds. The van der Waals surface area contributed by atoms with Crippen LogP contribution in [0.1, 0.15) is 30.4 Å². The molecule has 2 fully saturated rings. The summed E-state index contributed by atoms with van der Waals surface area (Å²) in [4.78, 5) is 14.6. The Morgan fingerprint density at radius 3 is 2.33 bits per heavy atom. The van der Waals surface area contributed by atoms with E-state index in [4.69, 9.17) is 0 Å². The van der Waals surface area contributed by atoms with Gasteiger partial charge in [0.2, 0.25) is 5.91 Å². The van der Waals surface area contributed by atoms with Crippen LogP contribution in [0.5, 0.6) is 0 Å². The predicted molar refractivity (Wildman–Crippen MR) is 89.2 cm³/mol. The number of carbonyl (C=O) groups excluding carboxylic acids is 1. The van der Waals surface area contributed by atoms with E-state index < -0.39 is 0 Å². The van der Waals surface area contributed by atoms with Gasteiger partial charge in [0.1, 0.15) is 0 Å². The fraction of sp³-hybridized carbons (Fsp3) is 0.588. The molecule has 4 heteroatoms. The second-order valence-corrected chi connectivity index (χ2v) is 6.61. The molecule has 1 spiro atoms. The van der Waals surface area contributed by atoms with Crippen LogP contribution < -0.4 is 10.2 Å². The first-order chi connectivity index (χ1) is 9.52. The van der Waals surface area contributed by atoms with E-state index in [9.17, 15) is 4.79 Å². The molecule has 1 aromatic rings. The van der Waals surface area contributed by atoms with Crippen molar-refractivity contribution in [3.05, 3.63) is 29.3 Å². The van der Waals surface area contributed by atoms with Crippen LogP contribution in [0, 0.1) is 25.2 Å². The maximum absolute atomic E-state index is 12.7. The highest BCUT2D eigenvalue weighted by Crippen LogP contribution is 2.59. The van der Waals surface area contributed by atoms with E-state index in [0.29, 0.717) is 11.3 Å². The molecule has 1 aromatic carbocycles. The third kappa shape index (κ3) is 3.09. The van der Waals surface area contributed by atoms with Crippen molar-refractivity contribution in [1.82, 2.24) is 5.32 Å². The van der Waals surface area contributed by atoms with Gasteiger partial charge in [0.15, 0.2) is 0 Å². The number of piperidine rings is 1. The van der Waals surface area contributed by atoms with Crippen molar-refractivity contribution in [1.29, 1.82) is 0 Å². The van der Waals surface area contributed by atoms with Gasteiger partial charge in [0.05, 0.1) is 0 Å². The Kier molecular flexibility index (Phi) is 4.64. The quantitative estimate of drug-likeness (QED) is 0.910. The van der Waals surface area contributed by atoms with E-state index in [1.54, 1.807) is 0 Å². The highest BCUT2D eigenvalue weighted by Gasteiger charge is 2.58. The Bertz CT molecular complexity index is 517. The summed E-state index contributed by atoms with van der Waals surface area (Å²) in [6, 6.07) is 6.35. The summed E-state index contributed by atoms with van der Waals surface area (Å²) in [5, 5.41) is 3.39. The number of nitrogens with one attached hydrogen (secondary N) is 1. The molecule has 1 aliphatic heterocycles. The maximum Gasteiger partial charge on any atom is 0.230 e. The summed E-state index contributed by atoms with van der Waals surface area (Å²) in [6.45, 7) is 6.30. The number of amides is 1. The number of rotatable bonds is 2. The third-order valence-corrected chi connectivity index (χ3v) is 5.01. The fourth-order valence-corrected chi connectivity index (χ4v) is 3.68. The van der Waals surface area contributed by atoms with Crippen LogP contribution in [0.4, 0.5) is 5.69 Å². The Morgan fingerprint density at radius 2 is 1.76 bits per heavy atom. The Labute approximate surface area is 133 Å². The summed E-state index contributed by atoms with van der Waals surface area (Å²) in [7, 11) is 1.92. The largest absolute Gasteiger partial charge is 0.317 e. The number of hydrogen-bond acceptors (Lipinski definition) is 2. The minimum atomic E-state index is 0. The highest BCUT2D eigenvalue weighted by atomic mass is 35.5. The third-order valence-electron chi connectivity index (χ3n) is 5.01. The molecule has 1 atom stereocenters. The van der Waals surface area contributed by atoms with Crippen LogP contribution in [0.15, 0.2) is 18.2 Å². The lowest BCUT2D eigenvalue weighted by Crippen LogP contribution is -2.34. The van der Waals surface area contributed by atoms with Crippen molar-refractivity contribution < 1.29 is 4.79 Å². The van der Waals surface area contributed by atoms with Gasteiger partial charge in [-0.1, -0.05) is 6.07 Å². The van der Waals surface area contributed by atoms with E-state index in [2.05, 4.69) is 37.4 Å². The van der Waals surface area contributed by atoms with E-state index >= 15 is 0 Å². The summed E-state index contributed by atoms with van der Waals surface area (Å²) in [6.07, 6.45) is 3.40. The van der Waals surface area contributed by atoms with Gasteiger partial charge in [-0.25, -0.2) is 0 Å².